The molecule has 0 aliphatic heterocycles. The van der Waals surface area contributed by atoms with Crippen molar-refractivity contribution in [3.63, 3.8) is 0 Å². The Morgan fingerprint density at radius 2 is 1.63 bits per heavy atom. The number of rotatable bonds is 7. The molecule has 1 atom stereocenters. The van der Waals surface area contributed by atoms with Crippen LogP contribution in [0, 0.1) is 0 Å². The second-order valence-electron chi connectivity index (χ2n) is 6.11. The van der Waals surface area contributed by atoms with Crippen LogP contribution >= 0.6 is 34.8 Å². The lowest BCUT2D eigenvalue weighted by atomic mass is 10.1. The molecule has 2 aromatic carbocycles. The average Bonchev–Trinajstić information content (AvgIpc) is 2.65. The number of amides is 2. The molecule has 0 aliphatic rings. The molecule has 0 spiro atoms. The maximum atomic E-state index is 13.0. The van der Waals surface area contributed by atoms with Crippen molar-refractivity contribution in [1.82, 2.24) is 10.2 Å². The number of nitrogens with zero attached hydrogens (tertiary/aromatic N) is 1. The van der Waals surface area contributed by atoms with E-state index in [2.05, 4.69) is 5.32 Å². The molecule has 144 valence electrons. The minimum atomic E-state index is -0.569. The van der Waals surface area contributed by atoms with E-state index >= 15 is 0 Å². The molecule has 0 fully saturated rings. The van der Waals surface area contributed by atoms with E-state index in [1.165, 1.54) is 0 Å². The van der Waals surface area contributed by atoms with Crippen molar-refractivity contribution in [3.8, 4) is 0 Å². The van der Waals surface area contributed by atoms with Crippen molar-refractivity contribution >= 4 is 46.6 Å². The first-order valence-corrected chi connectivity index (χ1v) is 9.68. The van der Waals surface area contributed by atoms with Gasteiger partial charge in [0.05, 0.1) is 16.5 Å². The molecular weight excluding hydrogens is 407 g/mol. The largest absolute Gasteiger partial charge is 0.357 e. The SMILES string of the molecule is CC[C@@H](C(=O)NC)N(Cc1ccc(Cl)cc1)C(=O)Cc1ccc(Cl)c(Cl)c1. The first kappa shape index (κ1) is 21.5. The molecule has 4 nitrogen and oxygen atoms in total. The molecule has 0 unspecified atom stereocenters. The van der Waals surface area contributed by atoms with Gasteiger partial charge in [-0.15, -0.1) is 0 Å². The van der Waals surface area contributed by atoms with Crippen LogP contribution in [0.4, 0.5) is 0 Å². The van der Waals surface area contributed by atoms with Gasteiger partial charge < -0.3 is 10.2 Å². The summed E-state index contributed by atoms with van der Waals surface area (Å²) in [6.07, 6.45) is 0.623. The summed E-state index contributed by atoms with van der Waals surface area (Å²) < 4.78 is 0. The lowest BCUT2D eigenvalue weighted by Crippen LogP contribution is -2.48. The predicted molar refractivity (Wildman–Crippen MR) is 110 cm³/mol. The van der Waals surface area contributed by atoms with Gasteiger partial charge in [-0.3, -0.25) is 9.59 Å². The summed E-state index contributed by atoms with van der Waals surface area (Å²) in [7, 11) is 1.56. The highest BCUT2D eigenvalue weighted by atomic mass is 35.5. The second-order valence-corrected chi connectivity index (χ2v) is 7.36. The fourth-order valence-electron chi connectivity index (χ4n) is 2.80. The Bertz CT molecular complexity index is 809. The van der Waals surface area contributed by atoms with Crippen molar-refractivity contribution in [2.45, 2.75) is 32.4 Å². The van der Waals surface area contributed by atoms with E-state index in [4.69, 9.17) is 34.8 Å². The van der Waals surface area contributed by atoms with Crippen LogP contribution < -0.4 is 5.32 Å². The number of hydrogen-bond donors (Lipinski definition) is 1. The maximum Gasteiger partial charge on any atom is 0.242 e. The average molecular weight is 428 g/mol. The van der Waals surface area contributed by atoms with Crippen LogP contribution in [-0.4, -0.2) is 29.8 Å². The molecule has 7 heteroatoms. The number of hydrogen-bond acceptors (Lipinski definition) is 2. The van der Waals surface area contributed by atoms with E-state index in [0.717, 1.165) is 11.1 Å². The molecule has 0 saturated carbocycles. The molecule has 2 amide bonds. The minimum Gasteiger partial charge on any atom is -0.357 e. The molecular formula is C20H21Cl3N2O2. The van der Waals surface area contributed by atoms with Crippen LogP contribution in [0.3, 0.4) is 0 Å². The monoisotopic (exact) mass is 426 g/mol. The Morgan fingerprint density at radius 1 is 1.00 bits per heavy atom. The molecule has 1 N–H and O–H groups in total. The zero-order chi connectivity index (χ0) is 20.0. The van der Waals surface area contributed by atoms with Gasteiger partial charge in [0.15, 0.2) is 0 Å². The van der Waals surface area contributed by atoms with Gasteiger partial charge in [-0.25, -0.2) is 0 Å². The highest BCUT2D eigenvalue weighted by molar-refractivity contribution is 6.42. The third kappa shape index (κ3) is 5.86. The van der Waals surface area contributed by atoms with Gasteiger partial charge in [-0.2, -0.15) is 0 Å². The van der Waals surface area contributed by atoms with Crippen molar-refractivity contribution < 1.29 is 9.59 Å². The first-order chi connectivity index (χ1) is 12.8. The molecule has 0 aliphatic carbocycles. The fraction of sp³-hybridized carbons (Fsp3) is 0.300. The van der Waals surface area contributed by atoms with E-state index in [0.29, 0.717) is 28.0 Å². The summed E-state index contributed by atoms with van der Waals surface area (Å²) in [5.74, 6) is -0.368. The summed E-state index contributed by atoms with van der Waals surface area (Å²) in [6.45, 7) is 2.18. The molecule has 27 heavy (non-hydrogen) atoms. The highest BCUT2D eigenvalue weighted by Gasteiger charge is 2.28. The Balaban J connectivity index is 2.28. The number of carbonyl (C=O) groups is 2. The molecule has 2 rings (SSSR count). The standard InChI is InChI=1S/C20H21Cl3N2O2/c1-3-18(20(27)24-2)25(12-13-4-7-15(21)8-5-13)19(26)11-14-6-9-16(22)17(23)10-14/h4-10,18H,3,11-12H2,1-2H3,(H,24,27)/t18-/m0/s1. The summed E-state index contributed by atoms with van der Waals surface area (Å²) in [5.41, 5.74) is 1.63. The number of benzene rings is 2. The Kier molecular flexibility index (Phi) is 7.96. The molecule has 2 aromatic rings. The molecule has 0 radical (unpaired) electrons. The molecule has 0 aromatic heterocycles. The zero-order valence-electron chi connectivity index (χ0n) is 15.1. The smallest absolute Gasteiger partial charge is 0.242 e. The lowest BCUT2D eigenvalue weighted by molar-refractivity contribution is -0.140. The molecule has 0 saturated heterocycles. The first-order valence-electron chi connectivity index (χ1n) is 8.55. The number of halogens is 3. The van der Waals surface area contributed by atoms with Gasteiger partial charge in [-0.05, 0) is 41.8 Å². The van der Waals surface area contributed by atoms with Gasteiger partial charge >= 0.3 is 0 Å². The quantitative estimate of drug-likeness (QED) is 0.693. The summed E-state index contributed by atoms with van der Waals surface area (Å²) in [6, 6.07) is 11.7. The van der Waals surface area contributed by atoms with Crippen LogP contribution in [-0.2, 0) is 22.6 Å². The van der Waals surface area contributed by atoms with Crippen LogP contribution in [0.1, 0.15) is 24.5 Å². The topological polar surface area (TPSA) is 49.4 Å². The molecule has 0 heterocycles. The van der Waals surface area contributed by atoms with Crippen LogP contribution in [0.25, 0.3) is 0 Å². The fourth-order valence-corrected chi connectivity index (χ4v) is 3.25. The van der Waals surface area contributed by atoms with Crippen molar-refractivity contribution in [1.29, 1.82) is 0 Å². The van der Waals surface area contributed by atoms with Crippen molar-refractivity contribution in [3.05, 3.63) is 68.7 Å². The lowest BCUT2D eigenvalue weighted by Gasteiger charge is -2.30. The number of carbonyl (C=O) groups excluding carboxylic acids is 2. The normalized spacial score (nSPS) is 11.7. The van der Waals surface area contributed by atoms with Crippen LogP contribution in [0.5, 0.6) is 0 Å². The van der Waals surface area contributed by atoms with Gasteiger partial charge in [0.25, 0.3) is 0 Å². The van der Waals surface area contributed by atoms with E-state index in [-0.39, 0.29) is 18.2 Å². The molecule has 0 bridgehead atoms. The third-order valence-corrected chi connectivity index (χ3v) is 5.23. The Labute approximate surface area is 174 Å². The minimum absolute atomic E-state index is 0.123. The van der Waals surface area contributed by atoms with Crippen LogP contribution in [0.15, 0.2) is 42.5 Å². The Morgan fingerprint density at radius 3 is 2.19 bits per heavy atom. The highest BCUT2D eigenvalue weighted by Crippen LogP contribution is 2.24. The van der Waals surface area contributed by atoms with E-state index in [9.17, 15) is 9.59 Å². The van der Waals surface area contributed by atoms with Gasteiger partial charge in [-0.1, -0.05) is 59.9 Å². The second kappa shape index (κ2) is 9.98. The van der Waals surface area contributed by atoms with E-state index in [1.54, 1.807) is 42.3 Å². The maximum absolute atomic E-state index is 13.0. The summed E-state index contributed by atoms with van der Waals surface area (Å²) in [4.78, 5) is 27.0. The van der Waals surface area contributed by atoms with Crippen molar-refractivity contribution in [2.75, 3.05) is 7.05 Å². The van der Waals surface area contributed by atoms with Gasteiger partial charge in [0.2, 0.25) is 11.8 Å². The van der Waals surface area contributed by atoms with Gasteiger partial charge in [0, 0.05) is 18.6 Å². The van der Waals surface area contributed by atoms with Crippen molar-refractivity contribution in [2.24, 2.45) is 0 Å². The van der Waals surface area contributed by atoms with E-state index in [1.807, 2.05) is 19.1 Å². The van der Waals surface area contributed by atoms with Crippen LogP contribution in [0.2, 0.25) is 15.1 Å². The predicted octanol–water partition coefficient (Wildman–Crippen LogP) is 4.74. The third-order valence-electron chi connectivity index (χ3n) is 4.24. The number of likely N-dealkylation sites (N-methyl/N-ethyl adjacent to an activating group) is 1. The summed E-state index contributed by atoms with van der Waals surface area (Å²) in [5, 5.41) is 4.08. The zero-order valence-corrected chi connectivity index (χ0v) is 17.4. The number of nitrogens with one attached hydrogen (secondary N) is 1. The van der Waals surface area contributed by atoms with E-state index < -0.39 is 6.04 Å². The van der Waals surface area contributed by atoms with Gasteiger partial charge in [0.1, 0.15) is 6.04 Å². The summed E-state index contributed by atoms with van der Waals surface area (Å²) >= 11 is 17.9. The Hall–Kier alpha value is -1.75.